The van der Waals surface area contributed by atoms with E-state index in [1.165, 1.54) is 28.2 Å². The normalized spacial score (nSPS) is 15.2. The van der Waals surface area contributed by atoms with Crippen LogP contribution in [-0.2, 0) is 17.9 Å². The molecule has 1 aromatic heterocycles. The van der Waals surface area contributed by atoms with Gasteiger partial charge in [-0.1, -0.05) is 29.8 Å². The zero-order valence-corrected chi connectivity index (χ0v) is 15.0. The molecule has 2 aromatic rings. The first-order valence-corrected chi connectivity index (χ1v) is 8.83. The quantitative estimate of drug-likeness (QED) is 0.851. The van der Waals surface area contributed by atoms with Crippen molar-refractivity contribution in [3.63, 3.8) is 0 Å². The predicted molar refractivity (Wildman–Crippen MR) is 96.8 cm³/mol. The van der Waals surface area contributed by atoms with Crippen molar-refractivity contribution in [2.75, 3.05) is 26.2 Å². The van der Waals surface area contributed by atoms with E-state index < -0.39 is 5.97 Å². The molecule has 1 fully saturated rings. The number of hydrogen-bond donors (Lipinski definition) is 1. The fourth-order valence-corrected chi connectivity index (χ4v) is 3.07. The van der Waals surface area contributed by atoms with Crippen LogP contribution in [0.15, 0.2) is 36.7 Å². The monoisotopic (exact) mass is 356 g/mol. The van der Waals surface area contributed by atoms with Gasteiger partial charge in [-0.3, -0.25) is 14.4 Å². The van der Waals surface area contributed by atoms with Crippen LogP contribution in [0.25, 0.3) is 0 Å². The number of carboxylic acid groups (broad SMARTS) is 1. The number of aryl methyl sites for hydroxylation is 2. The van der Waals surface area contributed by atoms with Crippen LogP contribution in [0.5, 0.6) is 0 Å². The van der Waals surface area contributed by atoms with Crippen molar-refractivity contribution in [1.29, 1.82) is 0 Å². The highest BCUT2D eigenvalue weighted by molar-refractivity contribution is 5.86. The van der Waals surface area contributed by atoms with Crippen molar-refractivity contribution in [3.05, 3.63) is 53.3 Å². The van der Waals surface area contributed by atoms with Gasteiger partial charge in [0, 0.05) is 51.9 Å². The smallest absolute Gasteiger partial charge is 0.338 e. The van der Waals surface area contributed by atoms with Gasteiger partial charge in [-0.25, -0.2) is 4.79 Å². The van der Waals surface area contributed by atoms with Crippen molar-refractivity contribution < 1.29 is 14.7 Å². The molecule has 1 aliphatic rings. The first-order chi connectivity index (χ1) is 12.5. The molecular weight excluding hydrogens is 332 g/mol. The molecule has 1 saturated heterocycles. The summed E-state index contributed by atoms with van der Waals surface area (Å²) in [6, 6.07) is 8.56. The van der Waals surface area contributed by atoms with Crippen LogP contribution in [0.1, 0.15) is 27.9 Å². The summed E-state index contributed by atoms with van der Waals surface area (Å²) in [4.78, 5) is 27.5. The minimum absolute atomic E-state index is 0.0901. The lowest BCUT2D eigenvalue weighted by atomic mass is 10.1. The summed E-state index contributed by atoms with van der Waals surface area (Å²) >= 11 is 0. The largest absolute Gasteiger partial charge is 0.478 e. The number of aromatic carboxylic acids is 1. The van der Waals surface area contributed by atoms with Crippen molar-refractivity contribution in [3.8, 4) is 0 Å². The van der Waals surface area contributed by atoms with Gasteiger partial charge in [0.1, 0.15) is 0 Å². The Labute approximate surface area is 152 Å². The maximum atomic E-state index is 12.4. The third kappa shape index (κ3) is 4.70. The summed E-state index contributed by atoms with van der Waals surface area (Å²) in [7, 11) is 0. The zero-order valence-electron chi connectivity index (χ0n) is 15.0. The Morgan fingerprint density at radius 1 is 1.12 bits per heavy atom. The number of hydrogen-bond acceptors (Lipinski definition) is 4. The van der Waals surface area contributed by atoms with Gasteiger partial charge in [0.05, 0.1) is 11.8 Å². The molecule has 1 aliphatic heterocycles. The number of carbonyl (C=O) groups is 2. The maximum Gasteiger partial charge on any atom is 0.338 e. The molecule has 0 unspecified atom stereocenters. The average Bonchev–Trinajstić information content (AvgIpc) is 3.12. The first-order valence-electron chi connectivity index (χ1n) is 8.83. The molecule has 0 radical (unpaired) electrons. The van der Waals surface area contributed by atoms with E-state index in [-0.39, 0.29) is 11.5 Å². The fraction of sp³-hybridized carbons (Fsp3) is 0.421. The SMILES string of the molecule is Cc1ccc(CN2CCN(C(=O)CCn3cc(C(=O)O)cn3)CC2)cc1. The molecule has 7 nitrogen and oxygen atoms in total. The molecule has 3 rings (SSSR count). The second-order valence-electron chi connectivity index (χ2n) is 6.69. The molecular formula is C19H24N4O3. The number of carbonyl (C=O) groups excluding carboxylic acids is 1. The van der Waals surface area contributed by atoms with Gasteiger partial charge in [0.2, 0.25) is 5.91 Å². The third-order valence-corrected chi connectivity index (χ3v) is 4.69. The number of carboxylic acids is 1. The number of piperazine rings is 1. The van der Waals surface area contributed by atoms with Crippen LogP contribution >= 0.6 is 0 Å². The van der Waals surface area contributed by atoms with Gasteiger partial charge >= 0.3 is 5.97 Å². The average molecular weight is 356 g/mol. The summed E-state index contributed by atoms with van der Waals surface area (Å²) in [5, 5.41) is 12.9. The van der Waals surface area contributed by atoms with E-state index in [2.05, 4.69) is 41.2 Å². The van der Waals surface area contributed by atoms with Crippen molar-refractivity contribution in [2.45, 2.75) is 26.4 Å². The molecule has 0 atom stereocenters. The number of nitrogens with zero attached hydrogens (tertiary/aromatic N) is 4. The van der Waals surface area contributed by atoms with Crippen molar-refractivity contribution >= 4 is 11.9 Å². The minimum atomic E-state index is -1.01. The zero-order chi connectivity index (χ0) is 18.5. The lowest BCUT2D eigenvalue weighted by Crippen LogP contribution is -2.48. The molecule has 2 heterocycles. The highest BCUT2D eigenvalue weighted by atomic mass is 16.4. The van der Waals surface area contributed by atoms with E-state index in [4.69, 9.17) is 5.11 Å². The van der Waals surface area contributed by atoms with E-state index >= 15 is 0 Å². The molecule has 0 saturated carbocycles. The number of amides is 1. The summed E-state index contributed by atoms with van der Waals surface area (Å²) in [6.07, 6.45) is 3.09. The molecule has 7 heteroatoms. The topological polar surface area (TPSA) is 78.7 Å². The lowest BCUT2D eigenvalue weighted by molar-refractivity contribution is -0.133. The van der Waals surface area contributed by atoms with Gasteiger partial charge < -0.3 is 10.0 Å². The summed E-state index contributed by atoms with van der Waals surface area (Å²) in [5.41, 5.74) is 2.70. The Morgan fingerprint density at radius 3 is 2.42 bits per heavy atom. The molecule has 0 aliphatic carbocycles. The van der Waals surface area contributed by atoms with Gasteiger partial charge in [0.15, 0.2) is 0 Å². The standard InChI is InChI=1S/C19H24N4O3/c1-15-2-4-16(5-3-15)13-21-8-10-22(11-9-21)18(24)6-7-23-14-17(12-20-23)19(25)26/h2-5,12,14H,6-11,13H2,1H3,(H,25,26). The van der Waals surface area contributed by atoms with Crippen LogP contribution in [0.3, 0.4) is 0 Å². The summed E-state index contributed by atoms with van der Waals surface area (Å²) < 4.78 is 1.51. The summed E-state index contributed by atoms with van der Waals surface area (Å²) in [6.45, 7) is 6.58. The second-order valence-corrected chi connectivity index (χ2v) is 6.69. The predicted octanol–water partition coefficient (Wildman–Crippen LogP) is 1.62. The minimum Gasteiger partial charge on any atom is -0.478 e. The highest BCUT2D eigenvalue weighted by Crippen LogP contribution is 2.11. The number of rotatable bonds is 6. The Balaban J connectivity index is 1.42. The molecule has 1 amide bonds. The van der Waals surface area contributed by atoms with E-state index in [1.54, 1.807) is 0 Å². The Morgan fingerprint density at radius 2 is 1.81 bits per heavy atom. The van der Waals surface area contributed by atoms with Crippen molar-refractivity contribution in [1.82, 2.24) is 19.6 Å². The molecule has 0 bridgehead atoms. The van der Waals surface area contributed by atoms with E-state index in [0.717, 1.165) is 32.7 Å². The molecule has 0 spiro atoms. The van der Waals surface area contributed by atoms with Gasteiger partial charge in [-0.15, -0.1) is 0 Å². The second kappa shape index (κ2) is 8.14. The van der Waals surface area contributed by atoms with Crippen LogP contribution < -0.4 is 0 Å². The fourth-order valence-electron chi connectivity index (χ4n) is 3.07. The summed E-state index contributed by atoms with van der Waals surface area (Å²) in [5.74, 6) is -0.917. The van der Waals surface area contributed by atoms with Crippen LogP contribution in [0.4, 0.5) is 0 Å². The van der Waals surface area contributed by atoms with E-state index in [1.807, 2.05) is 4.90 Å². The third-order valence-electron chi connectivity index (χ3n) is 4.69. The molecule has 1 aromatic carbocycles. The maximum absolute atomic E-state index is 12.4. The van der Waals surface area contributed by atoms with E-state index in [0.29, 0.717) is 13.0 Å². The van der Waals surface area contributed by atoms with E-state index in [9.17, 15) is 9.59 Å². The highest BCUT2D eigenvalue weighted by Gasteiger charge is 2.21. The van der Waals surface area contributed by atoms with Crippen LogP contribution in [0, 0.1) is 6.92 Å². The lowest BCUT2D eigenvalue weighted by Gasteiger charge is -2.34. The van der Waals surface area contributed by atoms with Gasteiger partial charge in [0.25, 0.3) is 0 Å². The molecule has 138 valence electrons. The van der Waals surface area contributed by atoms with Crippen LogP contribution in [-0.4, -0.2) is 62.7 Å². The first kappa shape index (κ1) is 18.1. The molecule has 26 heavy (non-hydrogen) atoms. The van der Waals surface area contributed by atoms with Crippen molar-refractivity contribution in [2.24, 2.45) is 0 Å². The van der Waals surface area contributed by atoms with Gasteiger partial charge in [-0.2, -0.15) is 5.10 Å². The number of benzene rings is 1. The van der Waals surface area contributed by atoms with Gasteiger partial charge in [-0.05, 0) is 12.5 Å². The number of aromatic nitrogens is 2. The Bertz CT molecular complexity index is 761. The van der Waals surface area contributed by atoms with Crippen LogP contribution in [0.2, 0.25) is 0 Å². The Hall–Kier alpha value is -2.67. The molecule has 1 N–H and O–H groups in total. The Kier molecular flexibility index (Phi) is 5.68.